The summed E-state index contributed by atoms with van der Waals surface area (Å²) in [4.78, 5) is 27.9. The van der Waals surface area contributed by atoms with Crippen molar-refractivity contribution in [2.75, 3.05) is 0 Å². The molecule has 2 heterocycles. The number of carboxylic acids is 1. The van der Waals surface area contributed by atoms with Crippen LogP contribution in [0, 0.1) is 5.82 Å². The number of carboxylic acid groups (broad SMARTS) is 1. The Morgan fingerprint density at radius 1 is 1.15 bits per heavy atom. The highest BCUT2D eigenvalue weighted by atomic mass is 19.1. The summed E-state index contributed by atoms with van der Waals surface area (Å²) in [5.74, 6) is -2.11. The van der Waals surface area contributed by atoms with E-state index in [4.69, 9.17) is 0 Å². The van der Waals surface area contributed by atoms with Gasteiger partial charge in [-0.05, 0) is 29.1 Å². The molecule has 2 aromatic heterocycles. The Hall–Kier alpha value is -3.54. The Kier molecular flexibility index (Phi) is 3.73. The lowest BCUT2D eigenvalue weighted by molar-refractivity contribution is 0.0695. The topological polar surface area (TPSA) is 72.2 Å². The standard InChI is InChI=1S/C20H13FN2O3/c21-16-5-2-6-17-18(16)19(24)15(20(25)26)11-23(17)10-13-4-1-3-12-9-22-8-7-14(12)13/h1-9,11H,10H2,(H,25,26). The van der Waals surface area contributed by atoms with Gasteiger partial charge in [-0.2, -0.15) is 0 Å². The number of benzene rings is 2. The van der Waals surface area contributed by atoms with Crippen LogP contribution < -0.4 is 5.43 Å². The van der Waals surface area contributed by atoms with Crippen molar-refractivity contribution in [3.05, 3.63) is 88.2 Å². The number of fused-ring (bicyclic) bond motifs is 2. The maximum atomic E-state index is 14.2. The number of carbonyl (C=O) groups is 1. The lowest BCUT2D eigenvalue weighted by atomic mass is 10.1. The molecule has 0 aliphatic heterocycles. The fourth-order valence-electron chi connectivity index (χ4n) is 3.19. The van der Waals surface area contributed by atoms with Gasteiger partial charge in [0.2, 0.25) is 5.43 Å². The van der Waals surface area contributed by atoms with Crippen LogP contribution in [0.4, 0.5) is 4.39 Å². The van der Waals surface area contributed by atoms with Crippen molar-refractivity contribution in [2.24, 2.45) is 0 Å². The molecule has 0 fully saturated rings. The molecule has 0 aliphatic carbocycles. The van der Waals surface area contributed by atoms with Crippen LogP contribution >= 0.6 is 0 Å². The first-order chi connectivity index (χ1) is 12.6. The number of hydrogen-bond acceptors (Lipinski definition) is 3. The SMILES string of the molecule is O=C(O)c1cn(Cc2cccc3cnccc23)c2cccc(F)c2c1=O. The van der Waals surface area contributed by atoms with Crippen LogP contribution in [0.3, 0.4) is 0 Å². The van der Waals surface area contributed by atoms with Gasteiger partial charge in [0.25, 0.3) is 0 Å². The highest BCUT2D eigenvalue weighted by Crippen LogP contribution is 2.21. The summed E-state index contributed by atoms with van der Waals surface area (Å²) in [5, 5.41) is 11.0. The first-order valence-electron chi connectivity index (χ1n) is 7.93. The Balaban J connectivity index is 1.99. The monoisotopic (exact) mass is 348 g/mol. The number of aromatic carboxylic acids is 1. The van der Waals surface area contributed by atoms with Crippen LogP contribution in [0.2, 0.25) is 0 Å². The summed E-state index contributed by atoms with van der Waals surface area (Å²) in [6.45, 7) is 0.294. The van der Waals surface area contributed by atoms with E-state index in [-0.39, 0.29) is 5.39 Å². The third-order valence-corrected chi connectivity index (χ3v) is 4.40. The van der Waals surface area contributed by atoms with Crippen LogP contribution in [0.1, 0.15) is 15.9 Å². The molecule has 5 nitrogen and oxygen atoms in total. The highest BCUT2D eigenvalue weighted by molar-refractivity contribution is 5.93. The van der Waals surface area contributed by atoms with Crippen molar-refractivity contribution in [1.29, 1.82) is 0 Å². The van der Waals surface area contributed by atoms with Crippen LogP contribution in [-0.4, -0.2) is 20.6 Å². The predicted molar refractivity (Wildman–Crippen MR) is 96.0 cm³/mol. The lowest BCUT2D eigenvalue weighted by Crippen LogP contribution is -2.20. The van der Waals surface area contributed by atoms with E-state index in [9.17, 15) is 19.1 Å². The molecule has 4 rings (SSSR count). The zero-order valence-corrected chi connectivity index (χ0v) is 13.5. The number of halogens is 1. The highest BCUT2D eigenvalue weighted by Gasteiger charge is 2.17. The second-order valence-electron chi connectivity index (χ2n) is 5.95. The molecular formula is C20H13FN2O3. The fourth-order valence-corrected chi connectivity index (χ4v) is 3.19. The van der Waals surface area contributed by atoms with E-state index in [2.05, 4.69) is 4.98 Å². The zero-order chi connectivity index (χ0) is 18.3. The molecule has 2 aromatic carbocycles. The molecule has 26 heavy (non-hydrogen) atoms. The van der Waals surface area contributed by atoms with Gasteiger partial charge in [-0.15, -0.1) is 0 Å². The van der Waals surface area contributed by atoms with E-state index in [1.165, 1.54) is 12.3 Å². The molecule has 0 atom stereocenters. The second kappa shape index (κ2) is 6.07. The molecule has 0 aliphatic rings. The molecule has 0 amide bonds. The van der Waals surface area contributed by atoms with Crippen molar-refractivity contribution in [1.82, 2.24) is 9.55 Å². The van der Waals surface area contributed by atoms with Gasteiger partial charge >= 0.3 is 5.97 Å². The van der Waals surface area contributed by atoms with Crippen molar-refractivity contribution >= 4 is 27.6 Å². The number of pyridine rings is 2. The number of hydrogen-bond donors (Lipinski definition) is 1. The summed E-state index contributed by atoms with van der Waals surface area (Å²) in [7, 11) is 0. The third kappa shape index (κ3) is 2.52. The van der Waals surface area contributed by atoms with Crippen molar-refractivity contribution < 1.29 is 14.3 Å². The fraction of sp³-hybridized carbons (Fsp3) is 0.0500. The smallest absolute Gasteiger partial charge is 0.341 e. The normalized spacial score (nSPS) is 11.1. The van der Waals surface area contributed by atoms with Crippen molar-refractivity contribution in [3.63, 3.8) is 0 Å². The van der Waals surface area contributed by atoms with Crippen molar-refractivity contribution in [2.45, 2.75) is 6.54 Å². The summed E-state index contributed by atoms with van der Waals surface area (Å²) in [6.07, 6.45) is 4.69. The molecule has 0 radical (unpaired) electrons. The molecule has 0 spiro atoms. The average Bonchev–Trinajstić information content (AvgIpc) is 2.64. The van der Waals surface area contributed by atoms with E-state index in [0.29, 0.717) is 12.1 Å². The van der Waals surface area contributed by atoms with Crippen LogP contribution in [0.15, 0.2) is 65.8 Å². The van der Waals surface area contributed by atoms with E-state index in [1.54, 1.807) is 23.0 Å². The number of rotatable bonds is 3. The molecule has 0 bridgehead atoms. The Labute approximate surface area is 147 Å². The molecule has 6 heteroatoms. The van der Waals surface area contributed by atoms with Crippen LogP contribution in [-0.2, 0) is 6.54 Å². The van der Waals surface area contributed by atoms with Crippen LogP contribution in [0.25, 0.3) is 21.7 Å². The van der Waals surface area contributed by atoms with Gasteiger partial charge in [0.15, 0.2) is 0 Å². The Morgan fingerprint density at radius 2 is 1.96 bits per heavy atom. The van der Waals surface area contributed by atoms with E-state index in [0.717, 1.165) is 22.4 Å². The molecule has 4 aromatic rings. The minimum Gasteiger partial charge on any atom is -0.477 e. The van der Waals surface area contributed by atoms with E-state index in [1.807, 2.05) is 24.3 Å². The maximum absolute atomic E-state index is 14.2. The van der Waals surface area contributed by atoms with Crippen molar-refractivity contribution in [3.8, 4) is 0 Å². The minimum absolute atomic E-state index is 0.214. The largest absolute Gasteiger partial charge is 0.477 e. The van der Waals surface area contributed by atoms with Gasteiger partial charge < -0.3 is 9.67 Å². The van der Waals surface area contributed by atoms with E-state index >= 15 is 0 Å². The molecule has 0 saturated heterocycles. The maximum Gasteiger partial charge on any atom is 0.341 e. The molecule has 1 N–H and O–H groups in total. The number of nitrogens with zero attached hydrogens (tertiary/aromatic N) is 2. The Bertz CT molecular complexity index is 1230. The van der Waals surface area contributed by atoms with Crippen LogP contribution in [0.5, 0.6) is 0 Å². The van der Waals surface area contributed by atoms with Gasteiger partial charge in [0.1, 0.15) is 11.4 Å². The second-order valence-corrected chi connectivity index (χ2v) is 5.95. The molecule has 0 unspecified atom stereocenters. The quantitative estimate of drug-likeness (QED) is 0.616. The van der Waals surface area contributed by atoms with Gasteiger partial charge in [-0.25, -0.2) is 9.18 Å². The summed E-state index contributed by atoms with van der Waals surface area (Å²) >= 11 is 0. The Morgan fingerprint density at radius 3 is 2.77 bits per heavy atom. The summed E-state index contributed by atoms with van der Waals surface area (Å²) in [6, 6.07) is 11.9. The average molecular weight is 348 g/mol. The van der Waals surface area contributed by atoms with E-state index < -0.39 is 22.8 Å². The predicted octanol–water partition coefficient (Wildman–Crippen LogP) is 3.44. The summed E-state index contributed by atoms with van der Waals surface area (Å²) in [5.41, 5.74) is -0.00465. The van der Waals surface area contributed by atoms with Gasteiger partial charge in [0.05, 0.1) is 10.9 Å². The molecule has 0 saturated carbocycles. The van der Waals surface area contributed by atoms with Gasteiger partial charge in [0, 0.05) is 30.5 Å². The zero-order valence-electron chi connectivity index (χ0n) is 13.5. The minimum atomic E-state index is -1.38. The summed E-state index contributed by atoms with van der Waals surface area (Å²) < 4.78 is 15.8. The molecule has 128 valence electrons. The molecular weight excluding hydrogens is 335 g/mol. The van der Waals surface area contributed by atoms with Gasteiger partial charge in [-0.3, -0.25) is 9.78 Å². The number of aromatic nitrogens is 2. The third-order valence-electron chi connectivity index (χ3n) is 4.40. The lowest BCUT2D eigenvalue weighted by Gasteiger charge is -2.14. The first kappa shape index (κ1) is 16.0. The van der Waals surface area contributed by atoms with Gasteiger partial charge in [-0.1, -0.05) is 24.3 Å². The first-order valence-corrected chi connectivity index (χ1v) is 7.93.